The van der Waals surface area contributed by atoms with E-state index in [-0.39, 0.29) is 35.4 Å². The Morgan fingerprint density at radius 3 is 2.71 bits per heavy atom. The third-order valence-electron chi connectivity index (χ3n) is 7.79. The monoisotopic (exact) mass is 561 g/mol. The van der Waals surface area contributed by atoms with E-state index in [0.717, 1.165) is 0 Å². The number of anilines is 1. The number of carbonyl (C=O) groups excluding carboxylic acids is 1. The second kappa shape index (κ2) is 10.2. The number of hydrogen-bond acceptors (Lipinski definition) is 9. The van der Waals surface area contributed by atoms with Gasteiger partial charge in [0.15, 0.2) is 17.3 Å². The highest BCUT2D eigenvalue weighted by Crippen LogP contribution is 2.35. The molecule has 0 spiro atoms. The number of piperazine rings is 1. The first kappa shape index (κ1) is 26.8. The van der Waals surface area contributed by atoms with Crippen LogP contribution in [0, 0.1) is 5.82 Å². The van der Waals surface area contributed by atoms with E-state index in [9.17, 15) is 9.59 Å². The Morgan fingerprint density at radius 1 is 1.15 bits per heavy atom. The van der Waals surface area contributed by atoms with Crippen LogP contribution in [0.2, 0.25) is 0 Å². The number of halogens is 1. The van der Waals surface area contributed by atoms with Crippen molar-refractivity contribution < 1.29 is 13.9 Å². The zero-order valence-corrected chi connectivity index (χ0v) is 23.7. The Hall–Kier alpha value is -4.42. The number of fused-ring (bicyclic) bond motifs is 5. The van der Waals surface area contributed by atoms with Crippen molar-refractivity contribution in [2.24, 2.45) is 0 Å². The van der Waals surface area contributed by atoms with Gasteiger partial charge >= 0.3 is 5.69 Å². The summed E-state index contributed by atoms with van der Waals surface area (Å²) in [4.78, 5) is 43.9. The minimum Gasteiger partial charge on any atom is -0.491 e. The molecule has 1 saturated heterocycles. The highest BCUT2D eigenvalue weighted by Gasteiger charge is 2.34. The number of nitrogens with zero attached hydrogens (tertiary/aromatic N) is 9. The Labute approximate surface area is 235 Å². The summed E-state index contributed by atoms with van der Waals surface area (Å²) >= 11 is 0. The number of carbonyl (C=O) groups is 1. The largest absolute Gasteiger partial charge is 0.491 e. The van der Waals surface area contributed by atoms with Gasteiger partial charge in [-0.25, -0.2) is 18.7 Å². The summed E-state index contributed by atoms with van der Waals surface area (Å²) in [5.41, 5.74) is 1.34. The standard InChI is InChI=1S/C28H32FN9O3/c1-15(2)23-24-22(8-9-30-23)41-10-6-7-19-12-31-34-38(19)27-21(29)11-20-25(33-28(40)37(24)26(20)32-27)36-14-16(3)35(18(5)39)13-17(36)4/h8-9,11-12,15-17H,6-7,10,13-14H2,1-5H3/t16-,17+/m1/s1. The zero-order valence-electron chi connectivity index (χ0n) is 23.7. The fourth-order valence-electron chi connectivity index (χ4n) is 5.78. The number of aryl methyl sites for hydroxylation is 1. The van der Waals surface area contributed by atoms with Gasteiger partial charge in [0, 0.05) is 44.4 Å². The van der Waals surface area contributed by atoms with Gasteiger partial charge in [-0.15, -0.1) is 5.10 Å². The second-order valence-corrected chi connectivity index (χ2v) is 11.0. The molecule has 13 heteroatoms. The predicted octanol–water partition coefficient (Wildman–Crippen LogP) is 2.79. The molecule has 0 saturated carbocycles. The molecule has 1 amide bonds. The normalized spacial score (nSPS) is 19.0. The topological polar surface area (TPSA) is 124 Å². The smallest absolute Gasteiger partial charge is 0.356 e. The lowest BCUT2D eigenvalue weighted by Crippen LogP contribution is -2.58. The van der Waals surface area contributed by atoms with E-state index >= 15 is 4.39 Å². The number of hydrogen-bond donors (Lipinski definition) is 0. The quantitative estimate of drug-likeness (QED) is 0.363. The summed E-state index contributed by atoms with van der Waals surface area (Å²) in [7, 11) is 0. The molecular formula is C28H32FN9O3. The molecule has 2 aliphatic rings. The molecule has 0 radical (unpaired) electrons. The summed E-state index contributed by atoms with van der Waals surface area (Å²) in [6.45, 7) is 10.6. The second-order valence-electron chi connectivity index (χ2n) is 11.0. The van der Waals surface area contributed by atoms with Crippen molar-refractivity contribution in [1.29, 1.82) is 0 Å². The Kier molecular flexibility index (Phi) is 6.66. The lowest BCUT2D eigenvalue weighted by Gasteiger charge is -2.44. The van der Waals surface area contributed by atoms with Crippen LogP contribution in [-0.4, -0.2) is 77.1 Å². The number of rotatable bonds is 2. The predicted molar refractivity (Wildman–Crippen MR) is 149 cm³/mol. The lowest BCUT2D eigenvalue weighted by atomic mass is 10.1. The number of ether oxygens (including phenoxy) is 1. The summed E-state index contributed by atoms with van der Waals surface area (Å²) in [6.07, 6.45) is 4.38. The van der Waals surface area contributed by atoms with E-state index in [1.54, 1.807) is 30.3 Å². The van der Waals surface area contributed by atoms with Gasteiger partial charge in [-0.2, -0.15) is 9.67 Å². The van der Waals surface area contributed by atoms with E-state index in [1.165, 1.54) is 15.3 Å². The van der Waals surface area contributed by atoms with Crippen LogP contribution >= 0.6 is 0 Å². The summed E-state index contributed by atoms with van der Waals surface area (Å²) in [6, 6.07) is 2.76. The molecule has 0 aliphatic carbocycles. The third-order valence-corrected chi connectivity index (χ3v) is 7.79. The molecule has 2 bridgehead atoms. The van der Waals surface area contributed by atoms with Gasteiger partial charge in [0.05, 0.1) is 29.6 Å². The summed E-state index contributed by atoms with van der Waals surface area (Å²) < 4.78 is 24.9. The van der Waals surface area contributed by atoms with Crippen LogP contribution in [0.3, 0.4) is 0 Å². The van der Waals surface area contributed by atoms with Crippen molar-refractivity contribution in [1.82, 2.24) is 39.4 Å². The maximum absolute atomic E-state index is 16.0. The molecule has 41 heavy (non-hydrogen) atoms. The average Bonchev–Trinajstić information content (AvgIpc) is 3.39. The first-order chi connectivity index (χ1) is 19.7. The van der Waals surface area contributed by atoms with E-state index in [1.807, 2.05) is 32.6 Å². The van der Waals surface area contributed by atoms with E-state index in [2.05, 4.69) is 20.3 Å². The molecule has 2 aliphatic heterocycles. The molecule has 12 nitrogen and oxygen atoms in total. The lowest BCUT2D eigenvalue weighted by molar-refractivity contribution is -0.131. The van der Waals surface area contributed by atoms with Crippen molar-refractivity contribution in [2.45, 2.75) is 65.5 Å². The van der Waals surface area contributed by atoms with Crippen LogP contribution in [0.4, 0.5) is 10.2 Å². The van der Waals surface area contributed by atoms with Gasteiger partial charge in [0.2, 0.25) is 5.91 Å². The molecule has 6 heterocycles. The number of pyridine rings is 2. The van der Waals surface area contributed by atoms with Gasteiger partial charge < -0.3 is 14.5 Å². The first-order valence-corrected chi connectivity index (χ1v) is 13.8. The average molecular weight is 562 g/mol. The first-order valence-electron chi connectivity index (χ1n) is 13.8. The molecule has 214 valence electrons. The molecular weight excluding hydrogens is 529 g/mol. The van der Waals surface area contributed by atoms with Crippen LogP contribution in [0.5, 0.6) is 5.75 Å². The number of aromatic nitrogens is 7. The SMILES string of the molecule is CC(=O)N1C[C@H](C)N(c2nc(=O)n3c4nc(c(F)cc24)-n2nncc2CCCOc2ccnc(C(C)C)c2-3)C[C@H]1C. The molecule has 0 N–H and O–H groups in total. The maximum Gasteiger partial charge on any atom is 0.356 e. The third kappa shape index (κ3) is 4.49. The van der Waals surface area contributed by atoms with Crippen molar-refractivity contribution in [3.8, 4) is 17.3 Å². The Morgan fingerprint density at radius 2 is 1.95 bits per heavy atom. The fourth-order valence-corrected chi connectivity index (χ4v) is 5.78. The zero-order chi connectivity index (χ0) is 29.0. The van der Waals surface area contributed by atoms with Crippen LogP contribution in [0.25, 0.3) is 22.5 Å². The summed E-state index contributed by atoms with van der Waals surface area (Å²) in [5, 5.41) is 8.46. The van der Waals surface area contributed by atoms with Crippen molar-refractivity contribution >= 4 is 22.8 Å². The van der Waals surface area contributed by atoms with Crippen LogP contribution in [0.15, 0.2) is 29.3 Å². The molecule has 1 fully saturated rings. The van der Waals surface area contributed by atoms with Crippen LogP contribution in [-0.2, 0) is 11.2 Å². The van der Waals surface area contributed by atoms with E-state index < -0.39 is 11.5 Å². The van der Waals surface area contributed by atoms with Gasteiger partial charge in [0.1, 0.15) is 17.3 Å². The number of amides is 1. The molecule has 4 aromatic heterocycles. The van der Waals surface area contributed by atoms with E-state index in [4.69, 9.17) is 9.72 Å². The van der Waals surface area contributed by atoms with Gasteiger partial charge in [-0.1, -0.05) is 19.1 Å². The maximum atomic E-state index is 16.0. The highest BCUT2D eigenvalue weighted by molar-refractivity contribution is 5.90. The minimum atomic E-state index is -0.621. The van der Waals surface area contributed by atoms with Crippen molar-refractivity contribution in [3.05, 3.63) is 52.2 Å². The van der Waals surface area contributed by atoms with Crippen molar-refractivity contribution in [2.75, 3.05) is 24.6 Å². The Bertz CT molecular complexity index is 1720. The molecule has 0 unspecified atom stereocenters. The van der Waals surface area contributed by atoms with Crippen molar-refractivity contribution in [3.63, 3.8) is 0 Å². The minimum absolute atomic E-state index is 0.0232. The Balaban J connectivity index is 1.68. The van der Waals surface area contributed by atoms with Gasteiger partial charge in [-0.3, -0.25) is 9.78 Å². The van der Waals surface area contributed by atoms with Gasteiger partial charge in [-0.05, 0) is 38.7 Å². The van der Waals surface area contributed by atoms with Gasteiger partial charge in [0.25, 0.3) is 0 Å². The van der Waals surface area contributed by atoms with E-state index in [0.29, 0.717) is 66.6 Å². The van der Waals surface area contributed by atoms with Crippen LogP contribution in [0.1, 0.15) is 58.3 Å². The molecule has 6 rings (SSSR count). The van der Waals surface area contributed by atoms with Crippen LogP contribution < -0.4 is 15.3 Å². The molecule has 4 aromatic rings. The summed E-state index contributed by atoms with van der Waals surface area (Å²) in [5.74, 6) is 0.0136. The molecule has 0 aromatic carbocycles. The fraction of sp³-hybridized carbons (Fsp3) is 0.464. The highest BCUT2D eigenvalue weighted by atomic mass is 19.1. The molecule has 2 atom stereocenters.